The molecule has 3 amide bonds. The van der Waals surface area contributed by atoms with Crippen LogP contribution in [0.1, 0.15) is 5.56 Å². The molecule has 0 unspecified atom stereocenters. The Hall–Kier alpha value is -4.14. The first-order chi connectivity index (χ1) is 14.5. The van der Waals surface area contributed by atoms with Gasteiger partial charge in [-0.3, -0.25) is 14.4 Å². The Morgan fingerprint density at radius 2 is 1.83 bits per heavy atom. The lowest BCUT2D eigenvalue weighted by Crippen LogP contribution is -2.37. The van der Waals surface area contributed by atoms with Crippen LogP contribution in [-0.2, 0) is 14.4 Å². The van der Waals surface area contributed by atoms with Crippen molar-refractivity contribution in [3.05, 3.63) is 66.7 Å². The van der Waals surface area contributed by atoms with E-state index in [0.29, 0.717) is 22.7 Å². The first kappa shape index (κ1) is 22.2. The van der Waals surface area contributed by atoms with E-state index in [1.54, 1.807) is 30.3 Å². The van der Waals surface area contributed by atoms with Gasteiger partial charge in [0, 0.05) is 12.2 Å². The molecule has 0 aliphatic rings. The molecule has 2 aromatic carbocycles. The second kappa shape index (κ2) is 11.6. The quantitative estimate of drug-likeness (QED) is 0.250. The van der Waals surface area contributed by atoms with Gasteiger partial charge in [-0.25, -0.2) is 5.43 Å². The Morgan fingerprint density at radius 3 is 2.53 bits per heavy atom. The Balaban J connectivity index is 1.90. The van der Waals surface area contributed by atoms with Crippen molar-refractivity contribution in [1.82, 2.24) is 10.7 Å². The monoisotopic (exact) mass is 410 g/mol. The van der Waals surface area contributed by atoms with Crippen LogP contribution in [0.4, 0.5) is 5.69 Å². The van der Waals surface area contributed by atoms with E-state index >= 15 is 0 Å². The highest BCUT2D eigenvalue weighted by molar-refractivity contribution is 6.35. The summed E-state index contributed by atoms with van der Waals surface area (Å²) < 4.78 is 10.8. The number of hydrogen-bond donors (Lipinski definition) is 3. The van der Waals surface area contributed by atoms with Crippen LogP contribution in [-0.4, -0.2) is 44.2 Å². The minimum absolute atomic E-state index is 0.179. The van der Waals surface area contributed by atoms with E-state index in [2.05, 4.69) is 27.7 Å². The predicted molar refractivity (Wildman–Crippen MR) is 113 cm³/mol. The van der Waals surface area contributed by atoms with Crippen LogP contribution in [0, 0.1) is 0 Å². The predicted octanol–water partition coefficient (Wildman–Crippen LogP) is 1.46. The van der Waals surface area contributed by atoms with Crippen LogP contribution in [0.2, 0.25) is 0 Å². The van der Waals surface area contributed by atoms with E-state index in [-0.39, 0.29) is 19.1 Å². The molecule has 30 heavy (non-hydrogen) atoms. The van der Waals surface area contributed by atoms with Gasteiger partial charge in [0.05, 0.1) is 13.3 Å². The van der Waals surface area contributed by atoms with Crippen LogP contribution >= 0.6 is 0 Å². The van der Waals surface area contributed by atoms with Gasteiger partial charge in [0.15, 0.2) is 18.1 Å². The van der Waals surface area contributed by atoms with Crippen molar-refractivity contribution in [2.75, 3.05) is 25.6 Å². The van der Waals surface area contributed by atoms with E-state index in [1.165, 1.54) is 19.4 Å². The van der Waals surface area contributed by atoms with Crippen LogP contribution < -0.4 is 25.5 Å². The third-order valence-corrected chi connectivity index (χ3v) is 3.60. The minimum Gasteiger partial charge on any atom is -0.493 e. The van der Waals surface area contributed by atoms with E-state index in [0.717, 1.165) is 0 Å². The van der Waals surface area contributed by atoms with Gasteiger partial charge >= 0.3 is 11.8 Å². The van der Waals surface area contributed by atoms with Crippen molar-refractivity contribution in [1.29, 1.82) is 0 Å². The summed E-state index contributed by atoms with van der Waals surface area (Å²) in [5, 5.41) is 8.77. The molecule has 0 aromatic heterocycles. The van der Waals surface area contributed by atoms with Gasteiger partial charge in [0.1, 0.15) is 0 Å². The summed E-state index contributed by atoms with van der Waals surface area (Å²) in [7, 11) is 1.46. The maximum absolute atomic E-state index is 12.0. The van der Waals surface area contributed by atoms with Gasteiger partial charge in [-0.1, -0.05) is 24.3 Å². The molecule has 0 radical (unpaired) electrons. The maximum atomic E-state index is 12.0. The number of amides is 3. The van der Waals surface area contributed by atoms with Crippen molar-refractivity contribution in [2.45, 2.75) is 0 Å². The lowest BCUT2D eigenvalue weighted by molar-refractivity contribution is -0.139. The second-order valence-corrected chi connectivity index (χ2v) is 5.81. The van der Waals surface area contributed by atoms with Crippen LogP contribution in [0.5, 0.6) is 11.5 Å². The summed E-state index contributed by atoms with van der Waals surface area (Å²) in [4.78, 5) is 35.0. The number of anilines is 1. The molecule has 0 saturated carbocycles. The van der Waals surface area contributed by atoms with Crippen LogP contribution in [0.3, 0.4) is 0 Å². The molecule has 0 fully saturated rings. The minimum atomic E-state index is -0.899. The third kappa shape index (κ3) is 7.12. The summed E-state index contributed by atoms with van der Waals surface area (Å²) in [5.74, 6) is -1.29. The number of hydrogen-bond acceptors (Lipinski definition) is 6. The second-order valence-electron chi connectivity index (χ2n) is 5.81. The fourth-order valence-corrected chi connectivity index (χ4v) is 2.21. The highest BCUT2D eigenvalue weighted by atomic mass is 16.5. The summed E-state index contributed by atoms with van der Waals surface area (Å²) in [6, 6.07) is 13.9. The number of hydrazone groups is 1. The molecule has 2 aromatic rings. The van der Waals surface area contributed by atoms with E-state index in [4.69, 9.17) is 9.47 Å². The zero-order chi connectivity index (χ0) is 21.8. The fourth-order valence-electron chi connectivity index (χ4n) is 2.21. The topological polar surface area (TPSA) is 118 Å². The standard InChI is InChI=1S/C21H22N4O5/c1-3-11-22-20(27)21(28)25-23-13-15-9-10-17(18(12-15)29-2)30-14-19(26)24-16-7-5-4-6-8-16/h3-10,12-13H,1,11,14H2,2H3,(H,22,27)(H,24,26)(H,25,28)/b23-13-. The Bertz CT molecular complexity index is 928. The normalized spacial score (nSPS) is 10.2. The molecule has 0 aliphatic carbocycles. The SMILES string of the molecule is C=CCNC(=O)C(=O)N/N=C\c1ccc(OCC(=O)Nc2ccccc2)c(OC)c1. The fraction of sp³-hybridized carbons (Fsp3) is 0.143. The van der Waals surface area contributed by atoms with Crippen molar-refractivity contribution < 1.29 is 23.9 Å². The first-order valence-corrected chi connectivity index (χ1v) is 8.91. The van der Waals surface area contributed by atoms with Gasteiger partial charge in [0.2, 0.25) is 0 Å². The highest BCUT2D eigenvalue weighted by Crippen LogP contribution is 2.27. The van der Waals surface area contributed by atoms with Gasteiger partial charge in [0.25, 0.3) is 5.91 Å². The lowest BCUT2D eigenvalue weighted by atomic mass is 10.2. The number of carbonyl (C=O) groups excluding carboxylic acids is 3. The average molecular weight is 410 g/mol. The molecule has 3 N–H and O–H groups in total. The number of para-hydroxylation sites is 1. The number of nitrogens with one attached hydrogen (secondary N) is 3. The zero-order valence-corrected chi connectivity index (χ0v) is 16.4. The maximum Gasteiger partial charge on any atom is 0.329 e. The molecule has 9 nitrogen and oxygen atoms in total. The molecule has 2 rings (SSSR count). The summed E-state index contributed by atoms with van der Waals surface area (Å²) >= 11 is 0. The number of carbonyl (C=O) groups is 3. The van der Waals surface area contributed by atoms with Crippen LogP contribution in [0.25, 0.3) is 0 Å². The van der Waals surface area contributed by atoms with E-state index < -0.39 is 11.8 Å². The van der Waals surface area contributed by atoms with Gasteiger partial charge in [-0.15, -0.1) is 6.58 Å². The van der Waals surface area contributed by atoms with Crippen molar-refractivity contribution >= 4 is 29.6 Å². The Morgan fingerprint density at radius 1 is 1.07 bits per heavy atom. The van der Waals surface area contributed by atoms with Crippen LogP contribution in [0.15, 0.2) is 66.3 Å². The number of ether oxygens (including phenoxy) is 2. The molecule has 156 valence electrons. The Kier molecular flexibility index (Phi) is 8.60. The zero-order valence-electron chi connectivity index (χ0n) is 16.4. The molecule has 9 heteroatoms. The molecule has 0 aliphatic heterocycles. The summed E-state index contributed by atoms with van der Waals surface area (Å²) in [6.45, 7) is 3.42. The van der Waals surface area contributed by atoms with Crippen molar-refractivity contribution in [3.63, 3.8) is 0 Å². The molecule has 0 spiro atoms. The molecular weight excluding hydrogens is 388 g/mol. The van der Waals surface area contributed by atoms with Gasteiger partial charge in [-0.2, -0.15) is 5.10 Å². The summed E-state index contributed by atoms with van der Waals surface area (Å²) in [5.41, 5.74) is 3.37. The van der Waals surface area contributed by atoms with E-state index in [9.17, 15) is 14.4 Å². The van der Waals surface area contributed by atoms with Crippen molar-refractivity contribution in [2.24, 2.45) is 5.10 Å². The summed E-state index contributed by atoms with van der Waals surface area (Å²) in [6.07, 6.45) is 2.79. The molecule has 0 heterocycles. The number of rotatable bonds is 9. The molecule has 0 bridgehead atoms. The smallest absolute Gasteiger partial charge is 0.329 e. The lowest BCUT2D eigenvalue weighted by Gasteiger charge is -2.11. The number of nitrogens with zero attached hydrogens (tertiary/aromatic N) is 1. The third-order valence-electron chi connectivity index (χ3n) is 3.60. The molecule has 0 atom stereocenters. The number of methoxy groups -OCH3 is 1. The average Bonchev–Trinajstić information content (AvgIpc) is 2.76. The van der Waals surface area contributed by atoms with Gasteiger partial charge in [-0.05, 0) is 35.9 Å². The first-order valence-electron chi connectivity index (χ1n) is 8.91. The van der Waals surface area contributed by atoms with Crippen molar-refractivity contribution in [3.8, 4) is 11.5 Å². The van der Waals surface area contributed by atoms with Gasteiger partial charge < -0.3 is 20.1 Å². The molecule has 0 saturated heterocycles. The highest BCUT2D eigenvalue weighted by Gasteiger charge is 2.11. The number of benzene rings is 2. The largest absolute Gasteiger partial charge is 0.493 e. The Labute approximate surface area is 173 Å². The van der Waals surface area contributed by atoms with E-state index in [1.807, 2.05) is 18.2 Å². The molecular formula is C21H22N4O5.